The second kappa shape index (κ2) is 54.4. The number of carboxylic acid groups (broad SMARTS) is 1. The van der Waals surface area contributed by atoms with Gasteiger partial charge in [-0.3, -0.25) is 24.0 Å². The van der Waals surface area contributed by atoms with Crippen molar-refractivity contribution in [2.24, 2.45) is 0 Å². The average molecular weight is 1950 g/mol. The minimum Gasteiger partial charge on any atom is -0.870 e. The molecule has 6 atom stereocenters. The smallest absolute Gasteiger partial charge is 0.870 e. The van der Waals surface area contributed by atoms with Crippen LogP contribution in [0.2, 0.25) is 0 Å². The Hall–Kier alpha value is -11.6. The zero-order chi connectivity index (χ0) is 96.9. The van der Waals surface area contributed by atoms with Crippen molar-refractivity contribution < 1.29 is 97.4 Å². The van der Waals surface area contributed by atoms with Gasteiger partial charge in [0.05, 0.1) is 83.2 Å². The van der Waals surface area contributed by atoms with Gasteiger partial charge in [0.1, 0.15) is 28.7 Å². The fourth-order valence-corrected chi connectivity index (χ4v) is 17.3. The van der Waals surface area contributed by atoms with Crippen molar-refractivity contribution in [1.82, 2.24) is 13.7 Å². The van der Waals surface area contributed by atoms with Crippen molar-refractivity contribution >= 4 is 90.4 Å². The van der Waals surface area contributed by atoms with E-state index in [1.807, 2.05) is 241 Å². The molecule has 23 nitrogen and oxygen atoms in total. The molecule has 140 heavy (non-hydrogen) atoms. The molecule has 746 valence electrons. The second-order valence-electron chi connectivity index (χ2n) is 37.2. The van der Waals surface area contributed by atoms with E-state index in [-0.39, 0.29) is 181 Å². The number of aliphatic hydroxyl groups excluding tert-OH is 4. The van der Waals surface area contributed by atoms with E-state index in [1.165, 1.54) is 36.4 Å². The Morgan fingerprint density at radius 1 is 0.400 bits per heavy atom. The van der Waals surface area contributed by atoms with E-state index in [0.29, 0.717) is 82.1 Å². The van der Waals surface area contributed by atoms with Crippen LogP contribution in [0.5, 0.6) is 0 Å². The molecule has 1 aliphatic heterocycles. The summed E-state index contributed by atoms with van der Waals surface area (Å²) < 4.78 is 72.0. The number of carbonyl (C=O) groups excluding carboxylic acids is 6. The number of rotatable bonds is 34. The van der Waals surface area contributed by atoms with Crippen molar-refractivity contribution in [3.63, 3.8) is 0 Å². The summed E-state index contributed by atoms with van der Waals surface area (Å²) in [6.07, 6.45) is -4.15. The number of aromatic nitrogens is 3. The Balaban J connectivity index is 0.000000364. The Morgan fingerprint density at radius 3 is 0.957 bits per heavy atom. The molecule has 4 heterocycles. The average Bonchev–Trinajstić information content (AvgIpc) is 1.60. The van der Waals surface area contributed by atoms with Crippen LogP contribution < -0.4 is 21.1 Å². The zero-order valence-corrected chi connectivity index (χ0v) is 82.5. The number of amides is 3. The number of halogens is 3. The van der Waals surface area contributed by atoms with Gasteiger partial charge in [0.15, 0.2) is 5.79 Å². The normalized spacial score (nSPS) is 14.0. The van der Waals surface area contributed by atoms with Crippen LogP contribution in [0, 0.1) is 17.5 Å². The van der Waals surface area contributed by atoms with E-state index in [4.69, 9.17) is 18.9 Å². The van der Waals surface area contributed by atoms with Crippen molar-refractivity contribution in [3.05, 3.63) is 306 Å². The van der Waals surface area contributed by atoms with Gasteiger partial charge in [0.2, 0.25) is 0 Å². The van der Waals surface area contributed by atoms with Crippen LogP contribution in [0.15, 0.2) is 255 Å². The fraction of sp³-hybridized carbons (Fsp3) is 0.363. The monoisotopic (exact) mass is 1950 g/mol. The number of ether oxygens (including phenoxy) is 4. The fourth-order valence-electron chi connectivity index (χ4n) is 17.3. The number of nitrogens with zero attached hydrogens (tertiary/aromatic N) is 3. The van der Waals surface area contributed by atoms with Gasteiger partial charge in [-0.05, 0) is 248 Å². The number of hydrogen-bond donors (Lipinski definition) is 7. The first-order valence-electron chi connectivity index (χ1n) is 45.7. The predicted octanol–water partition coefficient (Wildman–Crippen LogP) is 23.1. The van der Waals surface area contributed by atoms with E-state index < -0.39 is 65.6 Å². The Kier molecular flexibility index (Phi) is 46.2. The maximum absolute atomic E-state index is 14.4. The van der Waals surface area contributed by atoms with Crippen LogP contribution in [0.3, 0.4) is 0 Å². The molecule has 0 spiro atoms. The Bertz CT molecular complexity index is 5910. The number of para-hydroxylation sites is 3. The minimum absolute atomic E-state index is 0. The molecule has 0 unspecified atom stereocenters. The van der Waals surface area contributed by atoms with Crippen molar-refractivity contribution in [2.75, 3.05) is 16.0 Å². The van der Waals surface area contributed by atoms with Crippen LogP contribution in [-0.2, 0) is 53.0 Å². The maximum Gasteiger partial charge on any atom is 2.00 e. The van der Waals surface area contributed by atoms with Crippen LogP contribution in [0.4, 0.5) is 30.2 Å². The molecule has 0 radical (unpaired) electrons. The number of carboxylic acids is 1. The van der Waals surface area contributed by atoms with Gasteiger partial charge in [-0.2, -0.15) is 0 Å². The van der Waals surface area contributed by atoms with Gasteiger partial charge >= 0.3 is 49.7 Å². The third kappa shape index (κ3) is 33.0. The summed E-state index contributed by atoms with van der Waals surface area (Å²) >= 11 is 0. The summed E-state index contributed by atoms with van der Waals surface area (Å²) in [4.78, 5) is 78.4. The predicted molar refractivity (Wildman–Crippen MR) is 547 cm³/mol. The third-order valence-electron chi connectivity index (χ3n) is 22.5. The number of aliphatic carboxylic acids is 1. The van der Waals surface area contributed by atoms with Crippen LogP contribution in [0.25, 0.3) is 67.2 Å². The largest absolute Gasteiger partial charge is 2.00 e. The number of nitrogens with one attached hydrogen (secondary N) is 3. The molecule has 1 saturated heterocycles. The summed E-state index contributed by atoms with van der Waals surface area (Å²) in [5.74, 6) is -5.29. The molecule has 1 fully saturated rings. The van der Waals surface area contributed by atoms with E-state index in [1.54, 1.807) is 69.3 Å². The molecule has 9 aromatic carbocycles. The van der Waals surface area contributed by atoms with E-state index in [2.05, 4.69) is 34.4 Å². The first kappa shape index (κ1) is 119. The number of hydrogen-bond acceptors (Lipinski definition) is 17. The van der Waals surface area contributed by atoms with Crippen molar-refractivity contribution in [3.8, 4) is 67.2 Å². The maximum atomic E-state index is 14.4. The van der Waals surface area contributed by atoms with E-state index >= 15 is 0 Å². The van der Waals surface area contributed by atoms with Gasteiger partial charge in [-0.25, -0.2) is 13.2 Å². The third-order valence-corrected chi connectivity index (χ3v) is 22.5. The van der Waals surface area contributed by atoms with Crippen LogP contribution >= 0.6 is 0 Å². The van der Waals surface area contributed by atoms with Crippen molar-refractivity contribution in [1.29, 1.82) is 0 Å². The van der Waals surface area contributed by atoms with E-state index in [9.17, 15) is 67.5 Å². The molecule has 0 aliphatic carbocycles. The van der Waals surface area contributed by atoms with Crippen molar-refractivity contribution in [2.45, 2.75) is 268 Å². The number of benzene rings is 9. The number of esters is 2. The molecule has 9 N–H and O–H groups in total. The molecular weight excluding hydrogens is 1810 g/mol. The summed E-state index contributed by atoms with van der Waals surface area (Å²) in [5.41, 5.74) is 13.8. The minimum atomic E-state index is -1.39. The van der Waals surface area contributed by atoms with E-state index in [0.717, 1.165) is 61.9 Å². The molecule has 3 aromatic heterocycles. The topological polar surface area (TPSA) is 354 Å². The number of carbonyl (C=O) groups is 6. The summed E-state index contributed by atoms with van der Waals surface area (Å²) in [6, 6.07) is 75.4. The molecule has 0 bridgehead atoms. The summed E-state index contributed by atoms with van der Waals surface area (Å²) in [6.45, 7) is 27.8. The van der Waals surface area contributed by atoms with Gasteiger partial charge in [-0.15, -0.1) is 0 Å². The van der Waals surface area contributed by atoms with Crippen LogP contribution in [-0.4, -0.2) is 172 Å². The van der Waals surface area contributed by atoms with Gasteiger partial charge in [0, 0.05) is 89.3 Å². The molecule has 1 aliphatic rings. The molecular formula is C113H138CaF3N6O17-. The SMILES string of the molecule is C.C.C.CC(C)c1c(C(=O)Nc2ccccc2)c(-c2ccccc2)c(-c2ccc(F)cc2)n1CC[C@@H](O)C[C@@H](O)CC(=O)OC(C)(C)C.CC(C)c1c(C(=O)Nc2ccccc2)c(-c2ccccc2)c(-c2ccc(F)cc2)n1CC[C@@H](O)C[C@@H](O)CC(=O)[O-].CC(C)c1c(C(=O)Nc2ccccc2)c(-c2ccccc2)c(-c2ccc(F)cc2)n1CC[C@@H]1C[C@H](CC(=O)OC(C)(C)C)OC(C)(C)O1.[Ca+2].[OH-].[OH-]. The quantitative estimate of drug-likeness (QED) is 0.0145. The van der Waals surface area contributed by atoms with Gasteiger partial charge < -0.3 is 89.9 Å². The Labute approximate surface area is 852 Å². The molecule has 13 rings (SSSR count). The zero-order valence-electron chi connectivity index (χ0n) is 80.3. The number of aliphatic hydroxyl groups is 4. The standard InChI is InChI=1S/C40H47FN2O5.C37H43FN2O5.C33H35FN2O5.3CH4.Ca.2H2O/c1-26(2)36-35(38(45)42-30-16-12-9-13-17-30)34(27-14-10-8-11-15-27)37(28-18-20-29(41)21-19-28)43(36)23-22-31-24-32(47-40(6,7)46-31)25-33(44)48-39(3,4)5;1-24(2)34-33(36(44)39-28-14-10-7-11-15-28)32(25-12-8-6-9-13-25)35(26-16-18-27(38)19-17-26)40(34)21-20-29(41)22-30(42)23-31(43)45-37(3,4)5;1-21(2)31-30(33(41)35-25-11-7-4-8-12-25)29(22-9-5-3-6-10-22)32(23-13-15-24(34)16-14-23)36(31)18-17-26(37)19-27(38)20-28(39)40;;;;;;/h8-21,26,31-32H,22-25H2,1-7H3,(H,42,45);6-19,24,29-30,41-42H,20-23H2,1-5H3,(H,39,44);3-16,21,26-27,37-38H,17-20H2,1-2H3,(H,35,41)(H,39,40);3*1H4;;2*1H2/q;;;;;;+2;;/p-3/t31-,32-;29-,30-;26-,27-;;;;;;/m111....../s1. The first-order chi connectivity index (χ1) is 63.7. The second-order valence-corrected chi connectivity index (χ2v) is 37.2. The summed E-state index contributed by atoms with van der Waals surface area (Å²) in [7, 11) is 0. The Morgan fingerprint density at radius 2 is 0.671 bits per heavy atom. The summed E-state index contributed by atoms with van der Waals surface area (Å²) in [5, 5.41) is 62.3. The number of anilines is 3. The molecule has 0 saturated carbocycles. The van der Waals surface area contributed by atoms with Gasteiger partial charge in [0.25, 0.3) is 17.7 Å². The molecule has 27 heteroatoms. The first-order valence-corrected chi connectivity index (χ1v) is 45.7. The van der Waals surface area contributed by atoms with Gasteiger partial charge in [-0.1, -0.05) is 209 Å². The molecule has 3 amide bonds. The van der Waals surface area contributed by atoms with Crippen LogP contribution in [0.1, 0.15) is 243 Å². The molecule has 12 aromatic rings.